The van der Waals surface area contributed by atoms with Crippen molar-refractivity contribution in [3.05, 3.63) is 11.1 Å². The second-order valence-electron chi connectivity index (χ2n) is 5.68. The number of esters is 2. The highest BCUT2D eigenvalue weighted by Crippen LogP contribution is 2.55. The Morgan fingerprint density at radius 1 is 1.23 bits per heavy atom. The van der Waals surface area contributed by atoms with E-state index in [4.69, 9.17) is 13.7 Å². The van der Waals surface area contributed by atoms with Gasteiger partial charge in [-0.05, 0) is 12.8 Å². The summed E-state index contributed by atoms with van der Waals surface area (Å²) in [4.78, 5) is 23.6. The lowest BCUT2D eigenvalue weighted by Crippen LogP contribution is -2.40. The van der Waals surface area contributed by atoms with E-state index in [0.29, 0.717) is 0 Å². The summed E-state index contributed by atoms with van der Waals surface area (Å²) < 4.78 is 71.1. The van der Waals surface area contributed by atoms with Crippen LogP contribution in [0.3, 0.4) is 0 Å². The number of furan rings is 2. The standard InChI is InChI=1S/C14H12F2O9S/c1-3-13(19,4-2)6-5-7-9(24-11(5)17)10(8(6)23-7)25-12(18)14(15,16)26(20,21)22/h19H,3-4H2,1-2H3,(H,20,21,22). The van der Waals surface area contributed by atoms with Gasteiger partial charge in [-0.1, -0.05) is 13.8 Å². The van der Waals surface area contributed by atoms with Crippen LogP contribution in [0.4, 0.5) is 8.78 Å². The molecule has 26 heavy (non-hydrogen) atoms. The molecule has 2 aromatic heterocycles. The number of carbonyl (C=O) groups excluding carboxylic acids is 2. The third-order valence-electron chi connectivity index (χ3n) is 4.32. The van der Waals surface area contributed by atoms with E-state index in [1.54, 1.807) is 13.8 Å². The van der Waals surface area contributed by atoms with Crippen molar-refractivity contribution < 1.29 is 50.3 Å². The second kappa shape index (κ2) is 5.34. The summed E-state index contributed by atoms with van der Waals surface area (Å²) in [5, 5.41) is 5.45. The molecule has 0 aromatic carbocycles. The molecule has 1 aliphatic heterocycles. The molecule has 3 rings (SSSR count). The minimum atomic E-state index is -6.09. The highest BCUT2D eigenvalue weighted by Gasteiger charge is 2.56. The fourth-order valence-electron chi connectivity index (χ4n) is 2.79. The van der Waals surface area contributed by atoms with Crippen molar-refractivity contribution in [1.29, 1.82) is 0 Å². The average Bonchev–Trinajstić information content (AvgIpc) is 3.16. The van der Waals surface area contributed by atoms with Crippen molar-refractivity contribution in [3.63, 3.8) is 0 Å². The fraction of sp³-hybridized carbons (Fsp3) is 0.429. The predicted octanol–water partition coefficient (Wildman–Crippen LogP) is 1.80. The second-order valence-corrected chi connectivity index (χ2v) is 7.14. The Morgan fingerprint density at radius 2 is 1.81 bits per heavy atom. The number of aliphatic hydroxyl groups is 1. The lowest BCUT2D eigenvalue weighted by molar-refractivity contribution is -0.151. The molecule has 0 spiro atoms. The van der Waals surface area contributed by atoms with Gasteiger partial charge >= 0.3 is 27.3 Å². The van der Waals surface area contributed by atoms with Gasteiger partial charge < -0.3 is 19.0 Å². The Morgan fingerprint density at radius 3 is 2.31 bits per heavy atom. The van der Waals surface area contributed by atoms with Gasteiger partial charge in [0, 0.05) is 5.56 Å². The molecule has 0 fully saturated rings. The van der Waals surface area contributed by atoms with Crippen LogP contribution in [-0.2, 0) is 20.5 Å². The van der Waals surface area contributed by atoms with Crippen molar-refractivity contribution in [2.24, 2.45) is 0 Å². The quantitative estimate of drug-likeness (QED) is 0.426. The topological polar surface area (TPSA) is 140 Å². The van der Waals surface area contributed by atoms with Crippen LogP contribution in [0.5, 0.6) is 11.5 Å². The summed E-state index contributed by atoms with van der Waals surface area (Å²) >= 11 is 0. The Labute approximate surface area is 144 Å². The maximum atomic E-state index is 13.4. The zero-order valence-corrected chi connectivity index (χ0v) is 14.1. The smallest absolute Gasteiger partial charge is 0.448 e. The molecule has 3 heterocycles. The Hall–Kier alpha value is -2.31. The van der Waals surface area contributed by atoms with Crippen molar-refractivity contribution in [1.82, 2.24) is 0 Å². The van der Waals surface area contributed by atoms with Crippen LogP contribution in [0.25, 0.3) is 11.2 Å². The third kappa shape index (κ3) is 2.22. The zero-order chi connectivity index (χ0) is 19.7. The van der Waals surface area contributed by atoms with Crippen LogP contribution >= 0.6 is 0 Å². The molecule has 142 valence electrons. The monoisotopic (exact) mass is 394 g/mol. The fourth-order valence-corrected chi connectivity index (χ4v) is 3.04. The summed E-state index contributed by atoms with van der Waals surface area (Å²) in [5.74, 6) is -4.80. The first-order valence-corrected chi connectivity index (χ1v) is 8.77. The van der Waals surface area contributed by atoms with E-state index in [1.165, 1.54) is 0 Å². The van der Waals surface area contributed by atoms with E-state index in [9.17, 15) is 31.9 Å². The van der Waals surface area contributed by atoms with Crippen LogP contribution in [0.1, 0.15) is 42.6 Å². The lowest BCUT2D eigenvalue weighted by Gasteiger charge is -2.25. The molecule has 0 atom stereocenters. The SMILES string of the molecule is CCC(O)(CC)c1c2c3oc1c(OC(=O)C(F)(F)S(=O)(=O)O)c3OC2=O. The molecule has 0 saturated carbocycles. The summed E-state index contributed by atoms with van der Waals surface area (Å²) in [6.07, 6.45) is 0.209. The van der Waals surface area contributed by atoms with Crippen molar-refractivity contribution in [2.45, 2.75) is 37.5 Å². The average molecular weight is 394 g/mol. The lowest BCUT2D eigenvalue weighted by atomic mass is 9.85. The Kier molecular flexibility index (Phi) is 3.80. The summed E-state index contributed by atoms with van der Waals surface area (Å²) in [6.45, 7) is 3.19. The van der Waals surface area contributed by atoms with Gasteiger partial charge in [-0.25, -0.2) is 9.59 Å². The number of alkyl halides is 2. The third-order valence-corrected chi connectivity index (χ3v) is 5.13. The van der Waals surface area contributed by atoms with Crippen LogP contribution in [0, 0.1) is 0 Å². The number of carbonyl (C=O) groups is 2. The van der Waals surface area contributed by atoms with Crippen LogP contribution in [-0.4, -0.2) is 35.3 Å². The van der Waals surface area contributed by atoms with Crippen LogP contribution in [0.2, 0.25) is 0 Å². The number of benzene rings is 1. The highest BCUT2D eigenvalue weighted by molar-refractivity contribution is 7.87. The van der Waals surface area contributed by atoms with Crippen LogP contribution in [0.15, 0.2) is 4.42 Å². The number of rotatable bonds is 6. The van der Waals surface area contributed by atoms with E-state index in [2.05, 4.69) is 4.74 Å². The molecule has 0 radical (unpaired) electrons. The van der Waals surface area contributed by atoms with Crippen LogP contribution < -0.4 is 9.47 Å². The minimum Gasteiger partial charge on any atom is -0.448 e. The summed E-state index contributed by atoms with van der Waals surface area (Å²) in [5.41, 5.74) is -2.41. The van der Waals surface area contributed by atoms with Gasteiger partial charge in [0.2, 0.25) is 11.5 Å². The molecule has 1 aliphatic rings. The number of halogens is 2. The highest BCUT2D eigenvalue weighted by atomic mass is 32.2. The summed E-state index contributed by atoms with van der Waals surface area (Å²) in [7, 11) is -6.09. The first-order valence-electron chi connectivity index (χ1n) is 7.33. The molecule has 2 bridgehead atoms. The molecule has 0 unspecified atom stereocenters. The number of ether oxygens (including phenoxy) is 2. The zero-order valence-electron chi connectivity index (χ0n) is 13.3. The molecule has 12 heteroatoms. The van der Waals surface area contributed by atoms with Gasteiger partial charge in [0.25, 0.3) is 0 Å². The van der Waals surface area contributed by atoms with Gasteiger partial charge in [0.05, 0.1) is 5.60 Å². The molecular formula is C14H12F2O9S. The molecule has 0 amide bonds. The van der Waals surface area contributed by atoms with Crippen molar-refractivity contribution in [3.8, 4) is 11.5 Å². The van der Waals surface area contributed by atoms with Gasteiger partial charge in [0.1, 0.15) is 5.56 Å². The molecule has 0 aliphatic carbocycles. The molecule has 0 saturated heterocycles. The predicted molar refractivity (Wildman–Crippen MR) is 79.0 cm³/mol. The van der Waals surface area contributed by atoms with Crippen molar-refractivity contribution in [2.75, 3.05) is 0 Å². The summed E-state index contributed by atoms with van der Waals surface area (Å²) in [6, 6.07) is 0. The van der Waals surface area contributed by atoms with Gasteiger partial charge in [-0.15, -0.1) is 0 Å². The van der Waals surface area contributed by atoms with Crippen molar-refractivity contribution >= 4 is 33.2 Å². The molecular weight excluding hydrogens is 382 g/mol. The maximum Gasteiger partial charge on any atom is 0.466 e. The minimum absolute atomic E-state index is 0.0956. The molecule has 9 nitrogen and oxygen atoms in total. The number of fused-ring (bicyclic) bond motifs is 1. The first-order chi connectivity index (χ1) is 11.9. The normalized spacial score (nSPS) is 14.9. The van der Waals surface area contributed by atoms with E-state index in [-0.39, 0.29) is 35.1 Å². The Bertz CT molecular complexity index is 1020. The van der Waals surface area contributed by atoms with Gasteiger partial charge in [-0.3, -0.25) is 4.55 Å². The van der Waals surface area contributed by atoms with E-state index in [0.717, 1.165) is 0 Å². The number of hydrogen-bond donors (Lipinski definition) is 2. The Balaban J connectivity index is 2.14. The molecule has 2 aromatic rings. The number of hydrogen-bond acceptors (Lipinski definition) is 8. The van der Waals surface area contributed by atoms with E-state index in [1.807, 2.05) is 0 Å². The first kappa shape index (κ1) is 18.5. The van der Waals surface area contributed by atoms with E-state index >= 15 is 0 Å². The largest absolute Gasteiger partial charge is 0.466 e. The molecule has 2 N–H and O–H groups in total. The van der Waals surface area contributed by atoms with E-state index < -0.39 is 44.4 Å². The van der Waals surface area contributed by atoms with Gasteiger partial charge in [-0.2, -0.15) is 17.2 Å². The van der Waals surface area contributed by atoms with Gasteiger partial charge in [0.15, 0.2) is 11.2 Å². The maximum absolute atomic E-state index is 13.4.